The molecule has 0 bridgehead atoms. The average Bonchev–Trinajstić information content (AvgIpc) is 2.41. The standard InChI is InChI=1S/C14H22N4.2ClH/c1-10-8-16-11(2)14(17-10)18-7-5-13-12(9-18)4-3-6-15-13;;/h8,12-13,15H,3-7,9H2,1-2H3;2*1H/t12-,13+;;/m1../s1. The van der Waals surface area contributed by atoms with E-state index in [0.717, 1.165) is 42.3 Å². The molecule has 2 aliphatic heterocycles. The number of anilines is 1. The van der Waals surface area contributed by atoms with Crippen LogP contribution in [0.1, 0.15) is 30.7 Å². The van der Waals surface area contributed by atoms with Crippen molar-refractivity contribution in [3.05, 3.63) is 17.6 Å². The van der Waals surface area contributed by atoms with Gasteiger partial charge in [0.2, 0.25) is 0 Å². The third kappa shape index (κ3) is 3.54. The number of aromatic nitrogens is 2. The zero-order valence-corrected chi connectivity index (χ0v) is 13.8. The molecule has 0 aromatic carbocycles. The highest BCUT2D eigenvalue weighted by molar-refractivity contribution is 5.85. The van der Waals surface area contributed by atoms with E-state index in [-0.39, 0.29) is 24.8 Å². The lowest BCUT2D eigenvalue weighted by molar-refractivity contribution is 0.243. The van der Waals surface area contributed by atoms with Gasteiger partial charge in [-0.05, 0) is 45.6 Å². The number of piperidine rings is 2. The first-order chi connectivity index (χ1) is 8.74. The van der Waals surface area contributed by atoms with E-state index in [1.165, 1.54) is 25.8 Å². The number of hydrogen-bond acceptors (Lipinski definition) is 4. The SMILES string of the molecule is Cc1cnc(C)c(N2CC[C@@H]3NCCC[C@@H]3C2)n1.Cl.Cl. The Morgan fingerprint density at radius 2 is 2.05 bits per heavy atom. The van der Waals surface area contributed by atoms with Gasteiger partial charge in [-0.1, -0.05) is 0 Å². The van der Waals surface area contributed by atoms with Crippen LogP contribution in [0.2, 0.25) is 0 Å². The van der Waals surface area contributed by atoms with E-state index in [9.17, 15) is 0 Å². The molecule has 1 aromatic rings. The third-order valence-corrected chi connectivity index (χ3v) is 4.24. The Bertz CT molecular complexity index is 441. The Labute approximate surface area is 133 Å². The molecule has 2 saturated heterocycles. The maximum absolute atomic E-state index is 4.68. The number of halogens is 2. The number of nitrogens with zero attached hydrogens (tertiary/aromatic N) is 3. The highest BCUT2D eigenvalue weighted by Gasteiger charge is 2.31. The Morgan fingerprint density at radius 1 is 1.25 bits per heavy atom. The molecule has 0 amide bonds. The van der Waals surface area contributed by atoms with Crippen molar-refractivity contribution in [2.45, 2.75) is 39.2 Å². The van der Waals surface area contributed by atoms with E-state index in [1.807, 2.05) is 13.1 Å². The van der Waals surface area contributed by atoms with Crippen LogP contribution in [0, 0.1) is 19.8 Å². The smallest absolute Gasteiger partial charge is 0.150 e. The molecule has 6 heteroatoms. The normalized spacial score (nSPS) is 25.2. The number of fused-ring (bicyclic) bond motifs is 1. The fraction of sp³-hybridized carbons (Fsp3) is 0.714. The predicted octanol–water partition coefficient (Wildman–Crippen LogP) is 2.52. The molecule has 4 nitrogen and oxygen atoms in total. The Kier molecular flexibility index (Phi) is 6.49. The number of nitrogens with one attached hydrogen (secondary N) is 1. The van der Waals surface area contributed by atoms with E-state index < -0.39 is 0 Å². The van der Waals surface area contributed by atoms with Gasteiger partial charge in [0.05, 0.1) is 11.4 Å². The van der Waals surface area contributed by atoms with E-state index in [1.54, 1.807) is 0 Å². The summed E-state index contributed by atoms with van der Waals surface area (Å²) >= 11 is 0. The molecule has 2 fully saturated rings. The van der Waals surface area contributed by atoms with Gasteiger partial charge < -0.3 is 10.2 Å². The molecule has 0 spiro atoms. The van der Waals surface area contributed by atoms with Gasteiger partial charge in [0, 0.05) is 25.3 Å². The van der Waals surface area contributed by atoms with Gasteiger partial charge >= 0.3 is 0 Å². The molecule has 0 aliphatic carbocycles. The zero-order valence-electron chi connectivity index (χ0n) is 12.1. The second-order valence-electron chi connectivity index (χ2n) is 5.62. The van der Waals surface area contributed by atoms with Gasteiger partial charge in [0.15, 0.2) is 0 Å². The zero-order chi connectivity index (χ0) is 12.5. The number of rotatable bonds is 1. The topological polar surface area (TPSA) is 41.1 Å². The van der Waals surface area contributed by atoms with Gasteiger partial charge in [-0.2, -0.15) is 0 Å². The van der Waals surface area contributed by atoms with Crippen molar-refractivity contribution < 1.29 is 0 Å². The molecule has 0 saturated carbocycles. The first kappa shape index (κ1) is 17.5. The summed E-state index contributed by atoms with van der Waals surface area (Å²) in [4.78, 5) is 11.5. The second-order valence-corrected chi connectivity index (χ2v) is 5.62. The van der Waals surface area contributed by atoms with Crippen molar-refractivity contribution >= 4 is 30.6 Å². The van der Waals surface area contributed by atoms with Crippen LogP contribution in [-0.2, 0) is 0 Å². The molecular weight excluding hydrogens is 295 g/mol. The summed E-state index contributed by atoms with van der Waals surface area (Å²) in [5, 5.41) is 3.66. The minimum atomic E-state index is 0. The minimum Gasteiger partial charge on any atom is -0.355 e. The average molecular weight is 319 g/mol. The van der Waals surface area contributed by atoms with Crippen LogP contribution in [0.4, 0.5) is 5.82 Å². The lowest BCUT2D eigenvalue weighted by Crippen LogP contribution is -2.52. The Morgan fingerprint density at radius 3 is 2.85 bits per heavy atom. The van der Waals surface area contributed by atoms with Crippen molar-refractivity contribution in [1.29, 1.82) is 0 Å². The van der Waals surface area contributed by atoms with Gasteiger partial charge in [-0.3, -0.25) is 4.98 Å². The summed E-state index contributed by atoms with van der Waals surface area (Å²) in [5.74, 6) is 1.88. The van der Waals surface area contributed by atoms with Crippen LogP contribution < -0.4 is 10.2 Å². The molecule has 0 radical (unpaired) electrons. The van der Waals surface area contributed by atoms with Crippen molar-refractivity contribution in [3.8, 4) is 0 Å². The fourth-order valence-electron chi connectivity index (χ4n) is 3.26. The summed E-state index contributed by atoms with van der Waals surface area (Å²) < 4.78 is 0. The highest BCUT2D eigenvalue weighted by atomic mass is 35.5. The first-order valence-electron chi connectivity index (χ1n) is 7.02. The molecular formula is C14H24Cl2N4. The Balaban J connectivity index is 0.000001000. The summed E-state index contributed by atoms with van der Waals surface area (Å²) in [7, 11) is 0. The molecule has 2 atom stereocenters. The van der Waals surface area contributed by atoms with Crippen molar-refractivity contribution in [2.75, 3.05) is 24.5 Å². The van der Waals surface area contributed by atoms with Crippen LogP contribution in [0.15, 0.2) is 6.20 Å². The highest BCUT2D eigenvalue weighted by Crippen LogP contribution is 2.28. The molecule has 1 N–H and O–H groups in total. The predicted molar refractivity (Wildman–Crippen MR) is 87.3 cm³/mol. The molecule has 2 aliphatic rings. The molecule has 1 aromatic heterocycles. The van der Waals surface area contributed by atoms with E-state index in [2.05, 4.69) is 27.1 Å². The summed E-state index contributed by atoms with van der Waals surface area (Å²) in [6, 6.07) is 0.730. The summed E-state index contributed by atoms with van der Waals surface area (Å²) in [6.45, 7) is 7.52. The lowest BCUT2D eigenvalue weighted by Gasteiger charge is -2.42. The van der Waals surface area contributed by atoms with Crippen LogP contribution in [0.25, 0.3) is 0 Å². The van der Waals surface area contributed by atoms with Gasteiger partial charge in [0.1, 0.15) is 5.82 Å². The summed E-state index contributed by atoms with van der Waals surface area (Å²) in [6.07, 6.45) is 5.76. The van der Waals surface area contributed by atoms with E-state index in [0.29, 0.717) is 0 Å². The van der Waals surface area contributed by atoms with Gasteiger partial charge in [0.25, 0.3) is 0 Å². The van der Waals surface area contributed by atoms with E-state index >= 15 is 0 Å². The molecule has 0 unspecified atom stereocenters. The van der Waals surface area contributed by atoms with Gasteiger partial charge in [-0.25, -0.2) is 4.98 Å². The van der Waals surface area contributed by atoms with Crippen LogP contribution >= 0.6 is 24.8 Å². The largest absolute Gasteiger partial charge is 0.355 e. The molecule has 114 valence electrons. The van der Waals surface area contributed by atoms with E-state index in [4.69, 9.17) is 0 Å². The molecule has 3 heterocycles. The first-order valence-corrected chi connectivity index (χ1v) is 7.02. The van der Waals surface area contributed by atoms with Crippen LogP contribution in [-0.4, -0.2) is 35.6 Å². The number of hydrogen-bond donors (Lipinski definition) is 1. The lowest BCUT2D eigenvalue weighted by atomic mass is 9.85. The molecule has 20 heavy (non-hydrogen) atoms. The quantitative estimate of drug-likeness (QED) is 0.863. The maximum atomic E-state index is 4.68. The fourth-order valence-corrected chi connectivity index (χ4v) is 3.26. The summed E-state index contributed by atoms with van der Waals surface area (Å²) in [5.41, 5.74) is 2.07. The van der Waals surface area contributed by atoms with Crippen molar-refractivity contribution in [3.63, 3.8) is 0 Å². The molecule has 3 rings (SSSR count). The van der Waals surface area contributed by atoms with Gasteiger partial charge in [-0.15, -0.1) is 24.8 Å². The van der Waals surface area contributed by atoms with Crippen molar-refractivity contribution in [1.82, 2.24) is 15.3 Å². The third-order valence-electron chi connectivity index (χ3n) is 4.24. The maximum Gasteiger partial charge on any atom is 0.150 e. The van der Waals surface area contributed by atoms with Crippen LogP contribution in [0.5, 0.6) is 0 Å². The Hall–Kier alpha value is -0.580. The van der Waals surface area contributed by atoms with Crippen molar-refractivity contribution in [2.24, 2.45) is 5.92 Å². The number of aryl methyl sites for hydroxylation is 2. The van der Waals surface area contributed by atoms with Crippen LogP contribution in [0.3, 0.4) is 0 Å². The minimum absolute atomic E-state index is 0. The monoisotopic (exact) mass is 318 g/mol. The second kappa shape index (κ2) is 7.43.